The molecule has 192 valence electrons. The molecule has 0 unspecified atom stereocenters. The van der Waals surface area contributed by atoms with Crippen molar-refractivity contribution in [1.82, 2.24) is 4.90 Å². The van der Waals surface area contributed by atoms with Crippen molar-refractivity contribution in [2.45, 2.75) is 25.8 Å². The van der Waals surface area contributed by atoms with E-state index in [1.807, 2.05) is 13.0 Å². The lowest BCUT2D eigenvalue weighted by Gasteiger charge is -2.24. The molecule has 1 heterocycles. The summed E-state index contributed by atoms with van der Waals surface area (Å²) in [6.45, 7) is 2.82. The van der Waals surface area contributed by atoms with Crippen LogP contribution in [0.25, 0.3) is 0 Å². The lowest BCUT2D eigenvalue weighted by Crippen LogP contribution is -2.39. The van der Waals surface area contributed by atoms with Gasteiger partial charge in [-0.15, -0.1) is 0 Å². The van der Waals surface area contributed by atoms with Gasteiger partial charge in [0.25, 0.3) is 5.91 Å². The Kier molecular flexibility index (Phi) is 8.92. The topological polar surface area (TPSA) is 61.9 Å². The number of hydrogen-bond acceptors (Lipinski definition) is 4. The van der Waals surface area contributed by atoms with Crippen LogP contribution in [-0.2, 0) is 16.0 Å². The Hall–Kier alpha value is -2.84. The first kappa shape index (κ1) is 27.2. The smallest absolute Gasteiger partial charge is 0.256 e. The first-order valence-electron chi connectivity index (χ1n) is 11.6. The van der Waals surface area contributed by atoms with Gasteiger partial charge < -0.3 is 15.0 Å². The molecule has 37 heavy (non-hydrogen) atoms. The van der Waals surface area contributed by atoms with Crippen molar-refractivity contribution in [3.05, 3.63) is 87.4 Å². The summed E-state index contributed by atoms with van der Waals surface area (Å²) in [6.07, 6.45) is 0.430. The lowest BCUT2D eigenvalue weighted by atomic mass is 10.1. The summed E-state index contributed by atoms with van der Waals surface area (Å²) in [4.78, 5) is 29.8. The highest BCUT2D eigenvalue weighted by atomic mass is 35.5. The van der Waals surface area contributed by atoms with Crippen molar-refractivity contribution in [2.24, 2.45) is 0 Å². The van der Waals surface area contributed by atoms with Crippen LogP contribution in [0.5, 0.6) is 5.75 Å². The minimum atomic E-state index is -0.780. The van der Waals surface area contributed by atoms with Gasteiger partial charge in [-0.05, 0) is 91.8 Å². The number of thiocarbonyl (C=S) groups is 1. The Morgan fingerprint density at radius 2 is 1.68 bits per heavy atom. The molecule has 1 N–H and O–H groups in total. The molecule has 0 aromatic heterocycles. The summed E-state index contributed by atoms with van der Waals surface area (Å²) in [5, 5.41) is 4.78. The number of halogens is 3. The second kappa shape index (κ2) is 12.1. The van der Waals surface area contributed by atoms with Gasteiger partial charge in [0.05, 0.1) is 18.7 Å². The molecule has 4 rings (SSSR count). The fourth-order valence-corrected chi connectivity index (χ4v) is 5.11. The molecule has 6 nitrogen and oxygen atoms in total. The highest BCUT2D eigenvalue weighted by Crippen LogP contribution is 2.30. The predicted molar refractivity (Wildman–Crippen MR) is 153 cm³/mol. The van der Waals surface area contributed by atoms with Gasteiger partial charge >= 0.3 is 0 Å². The Morgan fingerprint density at radius 1 is 1.00 bits per heavy atom. The number of nitrogens with zero attached hydrogens (tertiary/aromatic N) is 2. The number of hydrogen-bond donors (Lipinski definition) is 1. The molecule has 1 fully saturated rings. The predicted octanol–water partition coefficient (Wildman–Crippen LogP) is 6.62. The molecule has 0 bridgehead atoms. The fourth-order valence-electron chi connectivity index (χ4n) is 4.07. The van der Waals surface area contributed by atoms with E-state index in [-0.39, 0.29) is 18.2 Å². The highest BCUT2D eigenvalue weighted by Gasteiger charge is 2.44. The van der Waals surface area contributed by atoms with Crippen molar-refractivity contribution >= 4 is 75.3 Å². The quantitative estimate of drug-likeness (QED) is 0.290. The van der Waals surface area contributed by atoms with Crippen LogP contribution >= 0.6 is 47.0 Å². The first-order valence-corrected chi connectivity index (χ1v) is 13.2. The number of ether oxygens (including phenoxy) is 1. The maximum Gasteiger partial charge on any atom is 0.256 e. The number of anilines is 2. The molecular formula is C27H24Cl3N3O3S. The molecule has 0 spiro atoms. The van der Waals surface area contributed by atoms with Crippen LogP contribution in [0.4, 0.5) is 11.4 Å². The molecule has 0 aliphatic carbocycles. The Labute approximate surface area is 236 Å². The van der Waals surface area contributed by atoms with E-state index in [4.69, 9.17) is 51.8 Å². The van der Waals surface area contributed by atoms with Crippen LogP contribution in [0.2, 0.25) is 15.1 Å². The van der Waals surface area contributed by atoms with Crippen molar-refractivity contribution in [2.75, 3.05) is 23.4 Å². The molecule has 1 saturated heterocycles. The third-order valence-corrected chi connectivity index (χ3v) is 7.12. The second-order valence-corrected chi connectivity index (χ2v) is 9.98. The summed E-state index contributed by atoms with van der Waals surface area (Å²) in [5.41, 5.74) is 2.06. The van der Waals surface area contributed by atoms with Gasteiger partial charge in [-0.1, -0.05) is 40.9 Å². The standard InChI is InChI=1S/C27H24Cl3N3O3S/c1-2-36-22-11-9-21(10-12-22)33-26(35)24(16-25(34)31-20-7-5-18(28)6-8-20)32(27(33)37)14-13-17-3-4-19(29)15-23(17)30/h3-12,15,24H,2,13-14,16H2,1H3,(H,31,34)/t24-/m1/s1. The zero-order chi connectivity index (χ0) is 26.5. The number of carbonyl (C=O) groups excluding carboxylic acids is 2. The maximum atomic E-state index is 13.6. The van der Waals surface area contributed by atoms with Crippen LogP contribution < -0.4 is 15.0 Å². The zero-order valence-corrected chi connectivity index (χ0v) is 23.0. The first-order chi connectivity index (χ1) is 17.8. The molecule has 2 amide bonds. The van der Waals surface area contributed by atoms with E-state index in [0.29, 0.717) is 56.9 Å². The van der Waals surface area contributed by atoms with Crippen LogP contribution in [-0.4, -0.2) is 41.0 Å². The zero-order valence-electron chi connectivity index (χ0n) is 19.9. The van der Waals surface area contributed by atoms with Crippen molar-refractivity contribution in [1.29, 1.82) is 0 Å². The van der Waals surface area contributed by atoms with E-state index in [2.05, 4.69) is 5.32 Å². The van der Waals surface area contributed by atoms with Gasteiger partial charge in [0.1, 0.15) is 11.8 Å². The van der Waals surface area contributed by atoms with Crippen molar-refractivity contribution in [3.8, 4) is 5.75 Å². The van der Waals surface area contributed by atoms with E-state index in [1.54, 1.807) is 65.6 Å². The molecule has 10 heteroatoms. The second-order valence-electron chi connectivity index (χ2n) is 8.34. The van der Waals surface area contributed by atoms with Gasteiger partial charge in [0.15, 0.2) is 5.11 Å². The monoisotopic (exact) mass is 575 g/mol. The SMILES string of the molecule is CCOc1ccc(N2C(=O)[C@@H](CC(=O)Nc3ccc(Cl)cc3)N(CCc3ccc(Cl)cc3Cl)C2=S)cc1. The summed E-state index contributed by atoms with van der Waals surface area (Å²) in [6, 6.07) is 18.4. The van der Waals surface area contributed by atoms with E-state index >= 15 is 0 Å². The van der Waals surface area contributed by atoms with E-state index < -0.39 is 6.04 Å². The number of rotatable bonds is 9. The van der Waals surface area contributed by atoms with E-state index in [1.165, 1.54) is 4.90 Å². The molecular weight excluding hydrogens is 553 g/mol. The molecule has 1 aliphatic rings. The maximum absolute atomic E-state index is 13.6. The Bertz CT molecular complexity index is 1300. The van der Waals surface area contributed by atoms with Crippen LogP contribution in [0.1, 0.15) is 18.9 Å². The third-order valence-electron chi connectivity index (χ3n) is 5.87. The van der Waals surface area contributed by atoms with Gasteiger partial charge in [0, 0.05) is 27.3 Å². The molecule has 0 saturated carbocycles. The van der Waals surface area contributed by atoms with Crippen LogP contribution in [0.15, 0.2) is 66.7 Å². The van der Waals surface area contributed by atoms with Crippen molar-refractivity contribution < 1.29 is 14.3 Å². The van der Waals surface area contributed by atoms with Gasteiger partial charge in [-0.3, -0.25) is 14.5 Å². The minimum Gasteiger partial charge on any atom is -0.494 e. The summed E-state index contributed by atoms with van der Waals surface area (Å²) < 4.78 is 5.51. The van der Waals surface area contributed by atoms with Gasteiger partial charge in [0.2, 0.25) is 5.91 Å². The molecule has 3 aromatic rings. The van der Waals surface area contributed by atoms with Crippen molar-refractivity contribution in [3.63, 3.8) is 0 Å². The molecule has 3 aromatic carbocycles. The Morgan fingerprint density at radius 3 is 2.32 bits per heavy atom. The number of benzene rings is 3. The summed E-state index contributed by atoms with van der Waals surface area (Å²) in [7, 11) is 0. The van der Waals surface area contributed by atoms with Crippen LogP contribution in [0.3, 0.4) is 0 Å². The average Bonchev–Trinajstić information content (AvgIpc) is 3.09. The van der Waals surface area contributed by atoms with Gasteiger partial charge in [-0.2, -0.15) is 0 Å². The average molecular weight is 577 g/mol. The normalized spacial score (nSPS) is 15.3. The summed E-state index contributed by atoms with van der Waals surface area (Å²) in [5.74, 6) is 0.103. The molecule has 1 atom stereocenters. The molecule has 1 aliphatic heterocycles. The number of nitrogens with one attached hydrogen (secondary N) is 1. The van der Waals surface area contributed by atoms with Crippen LogP contribution in [0, 0.1) is 0 Å². The molecule has 0 radical (unpaired) electrons. The van der Waals surface area contributed by atoms with E-state index in [9.17, 15) is 9.59 Å². The lowest BCUT2D eigenvalue weighted by molar-refractivity contribution is -0.124. The fraction of sp³-hybridized carbons (Fsp3) is 0.222. The number of carbonyl (C=O) groups is 2. The summed E-state index contributed by atoms with van der Waals surface area (Å²) >= 11 is 24.1. The third kappa shape index (κ3) is 6.54. The van der Waals surface area contributed by atoms with Gasteiger partial charge in [-0.25, -0.2) is 0 Å². The minimum absolute atomic E-state index is 0.0799. The van der Waals surface area contributed by atoms with E-state index in [0.717, 1.165) is 5.56 Å². The number of amides is 2. The largest absolute Gasteiger partial charge is 0.494 e. The Balaban J connectivity index is 1.56. The highest BCUT2D eigenvalue weighted by molar-refractivity contribution is 7.80.